The Morgan fingerprint density at radius 2 is 1.96 bits per heavy atom. The van der Waals surface area contributed by atoms with Gasteiger partial charge < -0.3 is 15.3 Å². The first-order chi connectivity index (χ1) is 10.6. The van der Waals surface area contributed by atoms with Gasteiger partial charge in [-0.15, -0.1) is 0 Å². The summed E-state index contributed by atoms with van der Waals surface area (Å²) < 4.78 is 0. The number of aryl methyl sites for hydroxylation is 1. The Labute approximate surface area is 138 Å². The van der Waals surface area contributed by atoms with Crippen molar-refractivity contribution in [3.8, 4) is 0 Å². The second-order valence-electron chi connectivity index (χ2n) is 6.59. The Kier molecular flexibility index (Phi) is 8.83. The van der Waals surface area contributed by atoms with E-state index in [2.05, 4.69) is 36.1 Å². The molecule has 0 aliphatic rings. The van der Waals surface area contributed by atoms with Crippen molar-refractivity contribution in [2.75, 3.05) is 25.5 Å². The van der Waals surface area contributed by atoms with Crippen LogP contribution in [0.25, 0.3) is 0 Å². The summed E-state index contributed by atoms with van der Waals surface area (Å²) in [6.45, 7) is 8.87. The van der Waals surface area contributed by atoms with Crippen molar-refractivity contribution in [1.29, 1.82) is 0 Å². The number of amides is 1. The molecule has 1 aromatic rings. The third-order valence-electron chi connectivity index (χ3n) is 3.00. The van der Waals surface area contributed by atoms with Gasteiger partial charge in [0, 0.05) is 26.8 Å². The van der Waals surface area contributed by atoms with Crippen LogP contribution in [0.4, 0.5) is 5.95 Å². The van der Waals surface area contributed by atoms with Crippen molar-refractivity contribution in [3.63, 3.8) is 0 Å². The van der Waals surface area contributed by atoms with Gasteiger partial charge in [-0.2, -0.15) is 0 Å². The van der Waals surface area contributed by atoms with Gasteiger partial charge >= 0.3 is 0 Å². The minimum absolute atomic E-state index is 0.0956. The molecule has 0 saturated heterocycles. The highest BCUT2D eigenvalue weighted by Crippen LogP contribution is 2.19. The Hall–Kier alpha value is -2.18. The first-order valence-corrected chi connectivity index (χ1v) is 7.49. The molecule has 0 aliphatic carbocycles. The zero-order valence-electron chi connectivity index (χ0n) is 14.9. The minimum atomic E-state index is -0.250. The molecule has 0 fully saturated rings. The van der Waals surface area contributed by atoms with E-state index in [-0.39, 0.29) is 12.4 Å². The maximum absolute atomic E-state index is 12.1. The molecule has 0 atom stereocenters. The molecular formula is C16H28N4O3. The number of carboxylic acid groups (broad SMARTS) is 1. The van der Waals surface area contributed by atoms with Crippen LogP contribution in [0, 0.1) is 12.3 Å². The summed E-state index contributed by atoms with van der Waals surface area (Å²) in [5.41, 5.74) is 1.56. The third-order valence-corrected chi connectivity index (χ3v) is 3.00. The smallest absolute Gasteiger partial charge is 0.290 e. The van der Waals surface area contributed by atoms with Crippen molar-refractivity contribution >= 4 is 18.3 Å². The van der Waals surface area contributed by atoms with Crippen molar-refractivity contribution in [2.45, 2.75) is 40.5 Å². The molecule has 0 saturated carbocycles. The van der Waals surface area contributed by atoms with Crippen molar-refractivity contribution in [2.24, 2.45) is 5.41 Å². The molecule has 0 radical (unpaired) electrons. The second kappa shape index (κ2) is 9.76. The summed E-state index contributed by atoms with van der Waals surface area (Å²) in [6.07, 6.45) is 3.66. The lowest BCUT2D eigenvalue weighted by Crippen LogP contribution is -2.27. The fraction of sp³-hybridized carbons (Fsp3) is 0.625. The number of anilines is 1. The van der Waals surface area contributed by atoms with Crippen LogP contribution < -0.4 is 10.2 Å². The first kappa shape index (κ1) is 20.8. The lowest BCUT2D eigenvalue weighted by atomic mass is 9.91. The molecule has 0 spiro atoms. The molecule has 0 aromatic carbocycles. The third kappa shape index (κ3) is 8.75. The SMILES string of the molecule is Cc1nc(N(C)C)ncc1C(=O)NCCCC(C)(C)C.O=CO. The van der Waals surface area contributed by atoms with Crippen molar-refractivity contribution in [1.82, 2.24) is 15.3 Å². The molecule has 0 aliphatic heterocycles. The highest BCUT2D eigenvalue weighted by Gasteiger charge is 2.13. The summed E-state index contributed by atoms with van der Waals surface area (Å²) in [5.74, 6) is 0.522. The molecule has 7 heteroatoms. The van der Waals surface area contributed by atoms with Gasteiger partial charge in [-0.3, -0.25) is 9.59 Å². The Bertz CT molecular complexity index is 511. The van der Waals surface area contributed by atoms with Crippen LogP contribution in [-0.4, -0.2) is 48.1 Å². The predicted octanol–water partition coefficient (Wildman–Crippen LogP) is 2.11. The van der Waals surface area contributed by atoms with E-state index in [9.17, 15) is 4.79 Å². The summed E-state index contributed by atoms with van der Waals surface area (Å²) in [7, 11) is 3.75. The van der Waals surface area contributed by atoms with E-state index in [1.54, 1.807) is 6.20 Å². The average Bonchev–Trinajstić information content (AvgIpc) is 2.43. The van der Waals surface area contributed by atoms with Gasteiger partial charge in [-0.1, -0.05) is 20.8 Å². The number of carbonyl (C=O) groups excluding carboxylic acids is 1. The molecule has 1 amide bonds. The number of carbonyl (C=O) groups is 2. The number of nitrogens with zero attached hydrogens (tertiary/aromatic N) is 3. The van der Waals surface area contributed by atoms with Crippen LogP contribution in [0.15, 0.2) is 6.20 Å². The van der Waals surface area contributed by atoms with E-state index >= 15 is 0 Å². The van der Waals surface area contributed by atoms with Crippen LogP contribution >= 0.6 is 0 Å². The maximum atomic E-state index is 12.1. The number of rotatable bonds is 5. The van der Waals surface area contributed by atoms with Crippen LogP contribution in [-0.2, 0) is 4.79 Å². The summed E-state index contributed by atoms with van der Waals surface area (Å²) in [5, 5.41) is 9.82. The van der Waals surface area contributed by atoms with E-state index in [1.165, 1.54) is 0 Å². The lowest BCUT2D eigenvalue weighted by Gasteiger charge is -2.18. The predicted molar refractivity (Wildman–Crippen MR) is 90.8 cm³/mol. The largest absolute Gasteiger partial charge is 0.483 e. The number of hydrogen-bond acceptors (Lipinski definition) is 5. The number of aromatic nitrogens is 2. The molecule has 23 heavy (non-hydrogen) atoms. The molecule has 0 bridgehead atoms. The van der Waals surface area contributed by atoms with E-state index in [1.807, 2.05) is 25.9 Å². The molecule has 2 N–H and O–H groups in total. The Balaban J connectivity index is 0.00000149. The fourth-order valence-corrected chi connectivity index (χ4v) is 1.81. The molecule has 1 aromatic heterocycles. The van der Waals surface area contributed by atoms with Gasteiger partial charge in [0.05, 0.1) is 11.3 Å². The van der Waals surface area contributed by atoms with E-state index < -0.39 is 0 Å². The quantitative estimate of drug-likeness (QED) is 0.636. The van der Waals surface area contributed by atoms with Crippen molar-refractivity contribution in [3.05, 3.63) is 17.5 Å². The molecule has 1 heterocycles. The number of hydrogen-bond donors (Lipinski definition) is 2. The van der Waals surface area contributed by atoms with Crippen LogP contribution in [0.1, 0.15) is 49.7 Å². The minimum Gasteiger partial charge on any atom is -0.483 e. The van der Waals surface area contributed by atoms with Gasteiger partial charge in [0.15, 0.2) is 0 Å². The average molecular weight is 324 g/mol. The van der Waals surface area contributed by atoms with Gasteiger partial charge in [-0.25, -0.2) is 9.97 Å². The highest BCUT2D eigenvalue weighted by atomic mass is 16.3. The zero-order valence-corrected chi connectivity index (χ0v) is 14.9. The van der Waals surface area contributed by atoms with Gasteiger partial charge in [-0.05, 0) is 25.2 Å². The maximum Gasteiger partial charge on any atom is 0.290 e. The first-order valence-electron chi connectivity index (χ1n) is 7.49. The van der Waals surface area contributed by atoms with Crippen LogP contribution in [0.5, 0.6) is 0 Å². The van der Waals surface area contributed by atoms with Gasteiger partial charge in [0.25, 0.3) is 12.4 Å². The van der Waals surface area contributed by atoms with E-state index in [0.717, 1.165) is 12.8 Å². The Morgan fingerprint density at radius 1 is 1.39 bits per heavy atom. The standard InChI is InChI=1S/C15H26N4O.CH2O2/c1-11-12(10-17-14(18-11)19(5)6)13(20)16-9-7-8-15(2,3)4;2-1-3/h10H,7-9H2,1-6H3,(H,16,20);1H,(H,2,3). The monoisotopic (exact) mass is 324 g/mol. The summed E-state index contributed by atoms with van der Waals surface area (Å²) in [6, 6.07) is 0. The number of nitrogens with one attached hydrogen (secondary N) is 1. The fourth-order valence-electron chi connectivity index (χ4n) is 1.81. The summed E-state index contributed by atoms with van der Waals surface area (Å²) >= 11 is 0. The molecule has 7 nitrogen and oxygen atoms in total. The molecular weight excluding hydrogens is 296 g/mol. The van der Waals surface area contributed by atoms with E-state index in [4.69, 9.17) is 9.90 Å². The topological polar surface area (TPSA) is 95.4 Å². The van der Waals surface area contributed by atoms with Crippen LogP contribution in [0.2, 0.25) is 0 Å². The Morgan fingerprint density at radius 3 is 2.39 bits per heavy atom. The molecule has 130 valence electrons. The normalized spacial score (nSPS) is 10.3. The zero-order chi connectivity index (χ0) is 18.0. The molecule has 1 rings (SSSR count). The summed E-state index contributed by atoms with van der Waals surface area (Å²) in [4.78, 5) is 30.7. The van der Waals surface area contributed by atoms with Crippen molar-refractivity contribution < 1.29 is 14.7 Å². The van der Waals surface area contributed by atoms with Crippen LogP contribution in [0.3, 0.4) is 0 Å². The highest BCUT2D eigenvalue weighted by molar-refractivity contribution is 5.94. The molecule has 0 unspecified atom stereocenters. The van der Waals surface area contributed by atoms with E-state index in [0.29, 0.717) is 29.2 Å². The lowest BCUT2D eigenvalue weighted by molar-refractivity contribution is -0.122. The van der Waals surface area contributed by atoms with Gasteiger partial charge in [0.1, 0.15) is 0 Å². The second-order valence-corrected chi connectivity index (χ2v) is 6.59. The van der Waals surface area contributed by atoms with Gasteiger partial charge in [0.2, 0.25) is 5.95 Å².